The van der Waals surface area contributed by atoms with Gasteiger partial charge in [0.05, 0.1) is 22.5 Å². The van der Waals surface area contributed by atoms with Crippen LogP contribution in [0.15, 0.2) is 36.4 Å². The number of nitrogens with zero attached hydrogens (tertiary/aromatic N) is 4. The Bertz CT molecular complexity index is 1050. The normalized spacial score (nSPS) is 19.9. The quantitative estimate of drug-likeness (QED) is 0.742. The molecule has 144 valence electrons. The molecule has 0 amide bonds. The molecule has 0 spiro atoms. The van der Waals surface area contributed by atoms with E-state index in [1.807, 2.05) is 35.2 Å². The number of pyridine rings is 1. The van der Waals surface area contributed by atoms with E-state index in [0.717, 1.165) is 41.7 Å². The van der Waals surface area contributed by atoms with Crippen molar-refractivity contribution in [1.82, 2.24) is 14.8 Å². The molecule has 6 nitrogen and oxygen atoms in total. The summed E-state index contributed by atoms with van der Waals surface area (Å²) in [6.07, 6.45) is 2.85. The average molecular weight is 380 g/mol. The first kappa shape index (κ1) is 17.2. The highest BCUT2D eigenvalue weighted by molar-refractivity contribution is 5.98. The minimum absolute atomic E-state index is 0.0398. The number of rotatable bonds is 4. The van der Waals surface area contributed by atoms with Gasteiger partial charge in [-0.3, -0.25) is 0 Å². The fraction of sp³-hybridized carbons (Fsp3) is 0.381. The van der Waals surface area contributed by atoms with Crippen molar-refractivity contribution in [3.8, 4) is 5.69 Å². The molecule has 1 saturated carbocycles. The maximum absolute atomic E-state index is 13.9. The third kappa shape index (κ3) is 2.73. The Morgan fingerprint density at radius 2 is 1.96 bits per heavy atom. The van der Waals surface area contributed by atoms with Gasteiger partial charge in [-0.25, -0.2) is 18.9 Å². The van der Waals surface area contributed by atoms with Gasteiger partial charge in [0.15, 0.2) is 11.3 Å². The zero-order chi connectivity index (χ0) is 19.3. The SMILES string of the molecule is O=C(O)c1cc(N2CC[C@H](F)C2)c2c(C3CCC3)nn(-c3ccccc3)c2n1. The summed E-state index contributed by atoms with van der Waals surface area (Å²) in [5.41, 5.74) is 3.02. The van der Waals surface area contributed by atoms with E-state index in [-0.39, 0.29) is 12.2 Å². The van der Waals surface area contributed by atoms with E-state index in [1.165, 1.54) is 0 Å². The first-order chi connectivity index (χ1) is 13.6. The van der Waals surface area contributed by atoms with E-state index < -0.39 is 12.1 Å². The van der Waals surface area contributed by atoms with Crippen molar-refractivity contribution in [1.29, 1.82) is 0 Å². The first-order valence-electron chi connectivity index (χ1n) is 9.73. The Kier molecular flexibility index (Phi) is 4.03. The molecule has 5 rings (SSSR count). The lowest BCUT2D eigenvalue weighted by Gasteiger charge is -2.25. The number of carbonyl (C=O) groups is 1. The molecule has 3 aromatic rings. The Balaban J connectivity index is 1.79. The Morgan fingerprint density at radius 3 is 2.57 bits per heavy atom. The van der Waals surface area contributed by atoms with E-state index in [0.29, 0.717) is 24.5 Å². The van der Waals surface area contributed by atoms with Crippen LogP contribution in [0.2, 0.25) is 0 Å². The van der Waals surface area contributed by atoms with Crippen LogP contribution in [0.3, 0.4) is 0 Å². The molecular formula is C21H21FN4O2. The molecule has 3 heterocycles. The summed E-state index contributed by atoms with van der Waals surface area (Å²) in [5.74, 6) is -0.752. The van der Waals surface area contributed by atoms with Crippen molar-refractivity contribution in [3.05, 3.63) is 47.8 Å². The van der Waals surface area contributed by atoms with Gasteiger partial charge >= 0.3 is 5.97 Å². The Hall–Kier alpha value is -2.96. The number of hydrogen-bond acceptors (Lipinski definition) is 4. The molecule has 1 aliphatic heterocycles. The molecule has 1 N–H and O–H groups in total. The van der Waals surface area contributed by atoms with Crippen LogP contribution < -0.4 is 4.90 Å². The molecular weight excluding hydrogens is 359 g/mol. The van der Waals surface area contributed by atoms with Crippen molar-refractivity contribution in [2.45, 2.75) is 37.8 Å². The van der Waals surface area contributed by atoms with E-state index >= 15 is 0 Å². The summed E-state index contributed by atoms with van der Waals surface area (Å²) < 4.78 is 15.7. The summed E-state index contributed by atoms with van der Waals surface area (Å²) in [6.45, 7) is 0.846. The van der Waals surface area contributed by atoms with Crippen LogP contribution in [0.4, 0.5) is 10.1 Å². The molecule has 1 atom stereocenters. The number of alkyl halides is 1. The molecule has 2 aliphatic rings. The molecule has 2 aromatic heterocycles. The zero-order valence-electron chi connectivity index (χ0n) is 15.4. The fourth-order valence-corrected chi connectivity index (χ4v) is 4.13. The van der Waals surface area contributed by atoms with Gasteiger partial charge < -0.3 is 10.0 Å². The summed E-state index contributed by atoms with van der Waals surface area (Å²) in [7, 11) is 0. The molecule has 1 aliphatic carbocycles. The number of aromatic nitrogens is 3. The van der Waals surface area contributed by atoms with E-state index in [9.17, 15) is 14.3 Å². The lowest BCUT2D eigenvalue weighted by Crippen LogP contribution is -2.21. The maximum atomic E-state index is 13.9. The second-order valence-corrected chi connectivity index (χ2v) is 7.62. The molecule has 0 bridgehead atoms. The zero-order valence-corrected chi connectivity index (χ0v) is 15.4. The topological polar surface area (TPSA) is 71.2 Å². The second kappa shape index (κ2) is 6.58. The lowest BCUT2D eigenvalue weighted by atomic mass is 9.82. The smallest absolute Gasteiger partial charge is 0.354 e. The standard InChI is InChI=1S/C21H21FN4O2/c22-14-9-10-25(12-14)17-11-16(21(27)28)23-20-18(17)19(13-5-4-6-13)24-26(20)15-7-2-1-3-8-15/h1-3,7-8,11,13-14H,4-6,9-10,12H2,(H,27,28)/t14-/m0/s1. The van der Waals surface area contributed by atoms with Gasteiger partial charge in [0.25, 0.3) is 0 Å². The van der Waals surface area contributed by atoms with Crippen LogP contribution in [0, 0.1) is 0 Å². The molecule has 2 fully saturated rings. The van der Waals surface area contributed by atoms with Crippen LogP contribution >= 0.6 is 0 Å². The van der Waals surface area contributed by atoms with Gasteiger partial charge in [0, 0.05) is 19.0 Å². The van der Waals surface area contributed by atoms with Gasteiger partial charge in [-0.2, -0.15) is 5.10 Å². The van der Waals surface area contributed by atoms with E-state index in [1.54, 1.807) is 10.7 Å². The van der Waals surface area contributed by atoms with Crippen molar-refractivity contribution in [2.24, 2.45) is 0 Å². The van der Waals surface area contributed by atoms with Gasteiger partial charge in [-0.15, -0.1) is 0 Å². The minimum Gasteiger partial charge on any atom is -0.477 e. The number of benzene rings is 1. The predicted octanol–water partition coefficient (Wildman–Crippen LogP) is 3.93. The monoisotopic (exact) mass is 380 g/mol. The molecule has 28 heavy (non-hydrogen) atoms. The highest BCUT2D eigenvalue weighted by Gasteiger charge is 2.32. The van der Waals surface area contributed by atoms with Crippen molar-refractivity contribution < 1.29 is 14.3 Å². The van der Waals surface area contributed by atoms with Crippen LogP contribution in [0.1, 0.15) is 47.8 Å². The largest absolute Gasteiger partial charge is 0.477 e. The van der Waals surface area contributed by atoms with Crippen molar-refractivity contribution in [2.75, 3.05) is 18.0 Å². The number of aromatic carboxylic acids is 1. The third-order valence-electron chi connectivity index (χ3n) is 5.83. The van der Waals surface area contributed by atoms with E-state index in [2.05, 4.69) is 4.98 Å². The highest BCUT2D eigenvalue weighted by atomic mass is 19.1. The molecule has 1 saturated heterocycles. The summed E-state index contributed by atoms with van der Waals surface area (Å²) in [4.78, 5) is 18.1. The third-order valence-corrected chi connectivity index (χ3v) is 5.83. The second-order valence-electron chi connectivity index (χ2n) is 7.62. The van der Waals surface area contributed by atoms with Gasteiger partial charge in [0.1, 0.15) is 6.17 Å². The number of carboxylic acid groups (broad SMARTS) is 1. The Labute approximate surface area is 161 Å². The summed E-state index contributed by atoms with van der Waals surface area (Å²) in [5, 5.41) is 15.4. The van der Waals surface area contributed by atoms with Crippen molar-refractivity contribution >= 4 is 22.7 Å². The first-order valence-corrected chi connectivity index (χ1v) is 9.73. The molecule has 1 aromatic carbocycles. The van der Waals surface area contributed by atoms with Crippen LogP contribution in [0.25, 0.3) is 16.7 Å². The maximum Gasteiger partial charge on any atom is 0.354 e. The minimum atomic E-state index is -1.09. The van der Waals surface area contributed by atoms with E-state index in [4.69, 9.17) is 5.10 Å². The summed E-state index contributed by atoms with van der Waals surface area (Å²) >= 11 is 0. The number of hydrogen-bond donors (Lipinski definition) is 1. The molecule has 7 heteroatoms. The number of carboxylic acids is 1. The predicted molar refractivity (Wildman–Crippen MR) is 104 cm³/mol. The number of fused-ring (bicyclic) bond motifs is 1. The summed E-state index contributed by atoms with van der Waals surface area (Å²) in [6, 6.07) is 11.2. The lowest BCUT2D eigenvalue weighted by molar-refractivity contribution is 0.0691. The molecule has 0 radical (unpaired) electrons. The Morgan fingerprint density at radius 1 is 1.18 bits per heavy atom. The number of halogens is 1. The van der Waals surface area contributed by atoms with Crippen LogP contribution in [-0.4, -0.2) is 45.1 Å². The van der Waals surface area contributed by atoms with Crippen LogP contribution in [-0.2, 0) is 0 Å². The van der Waals surface area contributed by atoms with Crippen LogP contribution in [0.5, 0.6) is 0 Å². The fourth-order valence-electron chi connectivity index (χ4n) is 4.13. The van der Waals surface area contributed by atoms with Gasteiger partial charge in [-0.05, 0) is 37.5 Å². The molecule has 0 unspecified atom stereocenters. The van der Waals surface area contributed by atoms with Crippen molar-refractivity contribution in [3.63, 3.8) is 0 Å². The average Bonchev–Trinajstić information content (AvgIpc) is 3.25. The van der Waals surface area contributed by atoms with Gasteiger partial charge in [0.2, 0.25) is 0 Å². The van der Waals surface area contributed by atoms with Gasteiger partial charge in [-0.1, -0.05) is 24.6 Å². The number of para-hydroxylation sites is 1. The highest BCUT2D eigenvalue weighted by Crippen LogP contribution is 2.43. The number of anilines is 1.